The number of esters is 1. The summed E-state index contributed by atoms with van der Waals surface area (Å²) < 4.78 is 33.2. The van der Waals surface area contributed by atoms with E-state index in [1.54, 1.807) is 23.7 Å². The van der Waals surface area contributed by atoms with Gasteiger partial charge in [0.1, 0.15) is 19.2 Å². The molecule has 1 aromatic carbocycles. The van der Waals surface area contributed by atoms with Gasteiger partial charge >= 0.3 is 5.97 Å². The highest BCUT2D eigenvalue weighted by Gasteiger charge is 2.41. The molecule has 1 aliphatic heterocycles. The Hall–Kier alpha value is -2.19. The summed E-state index contributed by atoms with van der Waals surface area (Å²) in [5.74, 6) is -1.52. The Kier molecular flexibility index (Phi) is 5.25. The predicted molar refractivity (Wildman–Crippen MR) is 101 cm³/mol. The van der Waals surface area contributed by atoms with E-state index in [1.165, 1.54) is 12.3 Å². The van der Waals surface area contributed by atoms with Gasteiger partial charge in [-0.05, 0) is 25.8 Å². The van der Waals surface area contributed by atoms with Crippen LogP contribution in [0.2, 0.25) is 0 Å². The smallest absolute Gasteiger partial charge is 0.341 e. The third-order valence-electron chi connectivity index (χ3n) is 5.42. The molecule has 6 nitrogen and oxygen atoms in total. The van der Waals surface area contributed by atoms with Crippen molar-refractivity contribution in [2.45, 2.75) is 44.4 Å². The molecule has 0 amide bonds. The molecule has 1 aromatic heterocycles. The van der Waals surface area contributed by atoms with Gasteiger partial charge in [-0.25, -0.2) is 9.18 Å². The first-order chi connectivity index (χ1) is 13.5. The van der Waals surface area contributed by atoms with Gasteiger partial charge < -0.3 is 14.2 Å². The Bertz CT molecular complexity index is 869. The van der Waals surface area contributed by atoms with Crippen LogP contribution in [0, 0.1) is 5.82 Å². The van der Waals surface area contributed by atoms with Crippen LogP contribution in [-0.4, -0.2) is 49.2 Å². The lowest BCUT2D eigenvalue weighted by molar-refractivity contribution is -0.181. The van der Waals surface area contributed by atoms with Crippen LogP contribution in [0.1, 0.15) is 49.0 Å². The quantitative estimate of drug-likeness (QED) is 0.599. The standard InChI is InChI=1S/C20H22BFN2O4/c1-2-26-19(25)16-12-23-24(18(16)15-4-3-13(21)11-17(15)22)14-5-7-20(8-6-14)27-9-10-28-20/h3-4,11-12,14H,2,5-10H2,1H3. The lowest BCUT2D eigenvalue weighted by Crippen LogP contribution is -2.36. The maximum absolute atomic E-state index is 14.7. The number of ether oxygens (including phenoxy) is 3. The predicted octanol–water partition coefficient (Wildman–Crippen LogP) is 2.52. The van der Waals surface area contributed by atoms with Crippen molar-refractivity contribution in [3.8, 4) is 11.3 Å². The van der Waals surface area contributed by atoms with Crippen LogP contribution in [-0.2, 0) is 14.2 Å². The summed E-state index contributed by atoms with van der Waals surface area (Å²) in [6.45, 7) is 3.19. The number of aromatic nitrogens is 2. The lowest BCUT2D eigenvalue weighted by Gasteiger charge is -2.36. The molecular formula is C20H22BFN2O4. The first-order valence-electron chi connectivity index (χ1n) is 9.61. The average Bonchev–Trinajstić information content (AvgIpc) is 3.31. The fraction of sp³-hybridized carbons (Fsp3) is 0.500. The summed E-state index contributed by atoms with van der Waals surface area (Å²) in [6, 6.07) is 4.45. The molecule has 2 aromatic rings. The Labute approximate surface area is 164 Å². The molecule has 2 aliphatic rings. The minimum absolute atomic E-state index is 0.00792. The summed E-state index contributed by atoms with van der Waals surface area (Å²) >= 11 is 0. The van der Waals surface area contributed by atoms with Gasteiger partial charge in [-0.1, -0.05) is 17.6 Å². The zero-order valence-electron chi connectivity index (χ0n) is 15.8. The molecule has 0 atom stereocenters. The monoisotopic (exact) mass is 384 g/mol. The van der Waals surface area contributed by atoms with E-state index < -0.39 is 17.6 Å². The number of carbonyl (C=O) groups is 1. The van der Waals surface area contributed by atoms with Gasteiger partial charge in [0.05, 0.1) is 37.8 Å². The van der Waals surface area contributed by atoms with Gasteiger partial charge in [0.2, 0.25) is 0 Å². The summed E-state index contributed by atoms with van der Waals surface area (Å²) in [7, 11) is 5.69. The Morgan fingerprint density at radius 3 is 2.71 bits per heavy atom. The molecule has 146 valence electrons. The minimum Gasteiger partial charge on any atom is -0.462 e. The van der Waals surface area contributed by atoms with E-state index >= 15 is 0 Å². The molecule has 2 radical (unpaired) electrons. The van der Waals surface area contributed by atoms with Crippen LogP contribution < -0.4 is 5.46 Å². The van der Waals surface area contributed by atoms with E-state index in [0.717, 1.165) is 25.7 Å². The van der Waals surface area contributed by atoms with Crippen LogP contribution in [0.15, 0.2) is 24.4 Å². The van der Waals surface area contributed by atoms with Crippen LogP contribution in [0.3, 0.4) is 0 Å². The topological polar surface area (TPSA) is 62.6 Å². The van der Waals surface area contributed by atoms with Gasteiger partial charge in [-0.15, -0.1) is 0 Å². The van der Waals surface area contributed by atoms with Crippen molar-refractivity contribution >= 4 is 19.3 Å². The molecule has 2 fully saturated rings. The van der Waals surface area contributed by atoms with Crippen molar-refractivity contribution in [2.24, 2.45) is 0 Å². The Balaban J connectivity index is 1.70. The first kappa shape index (κ1) is 19.1. The van der Waals surface area contributed by atoms with Crippen molar-refractivity contribution in [1.29, 1.82) is 0 Å². The van der Waals surface area contributed by atoms with Gasteiger partial charge in [0.15, 0.2) is 5.79 Å². The van der Waals surface area contributed by atoms with E-state index in [1.807, 2.05) is 0 Å². The van der Waals surface area contributed by atoms with Gasteiger partial charge in [-0.3, -0.25) is 4.68 Å². The van der Waals surface area contributed by atoms with E-state index in [2.05, 4.69) is 5.10 Å². The second kappa shape index (κ2) is 7.68. The summed E-state index contributed by atoms with van der Waals surface area (Å²) in [5, 5.41) is 4.43. The SMILES string of the molecule is [B]c1ccc(-c2c(C(=O)OCC)cnn2C2CCC3(CC2)OCCO3)c(F)c1. The maximum Gasteiger partial charge on any atom is 0.341 e. The van der Waals surface area contributed by atoms with Crippen LogP contribution in [0.4, 0.5) is 4.39 Å². The number of hydrogen-bond acceptors (Lipinski definition) is 5. The number of hydrogen-bond donors (Lipinski definition) is 0. The zero-order chi connectivity index (χ0) is 19.7. The van der Waals surface area contributed by atoms with Crippen molar-refractivity contribution < 1.29 is 23.4 Å². The van der Waals surface area contributed by atoms with Crippen molar-refractivity contribution in [2.75, 3.05) is 19.8 Å². The van der Waals surface area contributed by atoms with Gasteiger partial charge in [0.25, 0.3) is 0 Å². The molecule has 0 bridgehead atoms. The number of carbonyl (C=O) groups excluding carboxylic acids is 1. The van der Waals surface area contributed by atoms with Crippen LogP contribution in [0.25, 0.3) is 11.3 Å². The minimum atomic E-state index is -0.519. The molecule has 0 unspecified atom stereocenters. The summed E-state index contributed by atoms with van der Waals surface area (Å²) in [4.78, 5) is 12.5. The highest BCUT2D eigenvalue weighted by atomic mass is 19.1. The second-order valence-corrected chi connectivity index (χ2v) is 7.15. The molecule has 8 heteroatoms. The van der Waals surface area contributed by atoms with E-state index in [9.17, 15) is 9.18 Å². The zero-order valence-corrected chi connectivity index (χ0v) is 15.8. The summed E-state index contributed by atoms with van der Waals surface area (Å²) in [6.07, 6.45) is 4.43. The maximum atomic E-state index is 14.7. The van der Waals surface area contributed by atoms with E-state index in [-0.39, 0.29) is 23.8 Å². The molecule has 1 saturated carbocycles. The molecule has 1 aliphatic carbocycles. The normalized spacial score (nSPS) is 19.2. The number of halogens is 1. The van der Waals surface area contributed by atoms with E-state index in [0.29, 0.717) is 24.4 Å². The van der Waals surface area contributed by atoms with E-state index in [4.69, 9.17) is 22.1 Å². The second-order valence-electron chi connectivity index (χ2n) is 7.15. The fourth-order valence-electron chi connectivity index (χ4n) is 4.06. The fourth-order valence-corrected chi connectivity index (χ4v) is 4.06. The highest BCUT2D eigenvalue weighted by molar-refractivity contribution is 6.32. The van der Waals surface area contributed by atoms with Crippen molar-refractivity contribution in [1.82, 2.24) is 9.78 Å². The first-order valence-corrected chi connectivity index (χ1v) is 9.61. The molecule has 1 spiro atoms. The third kappa shape index (κ3) is 3.46. The molecule has 2 heterocycles. The van der Waals surface area contributed by atoms with Crippen LogP contribution in [0.5, 0.6) is 0 Å². The number of rotatable bonds is 4. The largest absolute Gasteiger partial charge is 0.462 e. The molecular weight excluding hydrogens is 362 g/mol. The number of nitrogens with zero attached hydrogens (tertiary/aromatic N) is 2. The Morgan fingerprint density at radius 2 is 2.07 bits per heavy atom. The molecule has 4 rings (SSSR count). The molecule has 1 saturated heterocycles. The van der Waals surface area contributed by atoms with Crippen LogP contribution >= 0.6 is 0 Å². The van der Waals surface area contributed by atoms with Crippen molar-refractivity contribution in [3.05, 3.63) is 35.8 Å². The van der Waals surface area contributed by atoms with Crippen molar-refractivity contribution in [3.63, 3.8) is 0 Å². The molecule has 28 heavy (non-hydrogen) atoms. The molecule has 0 N–H and O–H groups in total. The lowest BCUT2D eigenvalue weighted by atomic mass is 9.89. The van der Waals surface area contributed by atoms with Gasteiger partial charge in [-0.2, -0.15) is 5.10 Å². The summed E-state index contributed by atoms with van der Waals surface area (Å²) in [5.41, 5.74) is 1.27. The average molecular weight is 384 g/mol. The Morgan fingerprint density at radius 1 is 1.36 bits per heavy atom. The third-order valence-corrected chi connectivity index (χ3v) is 5.42. The highest BCUT2D eigenvalue weighted by Crippen LogP contribution is 2.42. The van der Waals surface area contributed by atoms with Gasteiger partial charge in [0, 0.05) is 18.4 Å². The number of benzene rings is 1.